The molecular formula is C10H16N2O2. The normalized spacial score (nSPS) is 14.0. The van der Waals surface area contributed by atoms with Crippen LogP contribution < -0.4 is 11.3 Å². The maximum Gasteiger partial charge on any atom is 0.251 e. The van der Waals surface area contributed by atoms with Crippen molar-refractivity contribution in [2.24, 2.45) is 11.1 Å². The van der Waals surface area contributed by atoms with Crippen molar-refractivity contribution in [3.8, 4) is 5.88 Å². The van der Waals surface area contributed by atoms with E-state index in [2.05, 4.69) is 4.98 Å². The predicted molar refractivity (Wildman–Crippen MR) is 55.1 cm³/mol. The van der Waals surface area contributed by atoms with Crippen LogP contribution in [0.5, 0.6) is 5.88 Å². The average molecular weight is 196 g/mol. The Kier molecular flexibility index (Phi) is 2.66. The Bertz CT molecular complexity index is 376. The average Bonchev–Trinajstić information content (AvgIpc) is 1.99. The molecular weight excluding hydrogens is 180 g/mol. The van der Waals surface area contributed by atoms with E-state index in [1.54, 1.807) is 0 Å². The van der Waals surface area contributed by atoms with E-state index in [0.29, 0.717) is 5.56 Å². The highest BCUT2D eigenvalue weighted by molar-refractivity contribution is 5.23. The molecule has 1 aromatic rings. The lowest BCUT2D eigenvalue weighted by molar-refractivity contribution is 0.325. The summed E-state index contributed by atoms with van der Waals surface area (Å²) in [5, 5.41) is 9.20. The van der Waals surface area contributed by atoms with Gasteiger partial charge in [0.15, 0.2) is 5.88 Å². The van der Waals surface area contributed by atoms with Gasteiger partial charge in [0.25, 0.3) is 5.56 Å². The SMILES string of the molecule is CC(C)(C)C(N)c1cc(O)[nH]c(=O)c1. The summed E-state index contributed by atoms with van der Waals surface area (Å²) in [6, 6.07) is 2.63. The number of H-pyrrole nitrogens is 1. The minimum Gasteiger partial charge on any atom is -0.495 e. The molecule has 1 atom stereocenters. The molecule has 4 N–H and O–H groups in total. The highest BCUT2D eigenvalue weighted by atomic mass is 16.3. The van der Waals surface area contributed by atoms with Crippen molar-refractivity contribution in [2.75, 3.05) is 0 Å². The van der Waals surface area contributed by atoms with Crippen molar-refractivity contribution >= 4 is 0 Å². The van der Waals surface area contributed by atoms with Crippen LogP contribution in [0.15, 0.2) is 16.9 Å². The summed E-state index contributed by atoms with van der Waals surface area (Å²) in [7, 11) is 0. The molecule has 0 spiro atoms. The van der Waals surface area contributed by atoms with Gasteiger partial charge >= 0.3 is 0 Å². The van der Waals surface area contributed by atoms with E-state index in [1.807, 2.05) is 20.8 Å². The topological polar surface area (TPSA) is 79.1 Å². The van der Waals surface area contributed by atoms with Crippen molar-refractivity contribution in [1.82, 2.24) is 4.98 Å². The van der Waals surface area contributed by atoms with Gasteiger partial charge in [0.05, 0.1) is 0 Å². The molecule has 0 aliphatic heterocycles. The monoisotopic (exact) mass is 196 g/mol. The molecule has 0 fully saturated rings. The smallest absolute Gasteiger partial charge is 0.251 e. The maximum absolute atomic E-state index is 11.1. The molecule has 0 aliphatic carbocycles. The second-order valence-electron chi connectivity index (χ2n) is 4.51. The van der Waals surface area contributed by atoms with E-state index >= 15 is 0 Å². The van der Waals surface area contributed by atoms with Gasteiger partial charge in [-0.1, -0.05) is 20.8 Å². The molecule has 4 heteroatoms. The molecule has 78 valence electrons. The number of aromatic amines is 1. The molecule has 0 aromatic carbocycles. The Morgan fingerprint density at radius 3 is 2.43 bits per heavy atom. The van der Waals surface area contributed by atoms with E-state index in [1.165, 1.54) is 12.1 Å². The summed E-state index contributed by atoms with van der Waals surface area (Å²) < 4.78 is 0. The summed E-state index contributed by atoms with van der Waals surface area (Å²) in [4.78, 5) is 13.3. The molecule has 0 radical (unpaired) electrons. The van der Waals surface area contributed by atoms with Gasteiger partial charge < -0.3 is 10.8 Å². The van der Waals surface area contributed by atoms with Gasteiger partial charge in [-0.2, -0.15) is 0 Å². The van der Waals surface area contributed by atoms with E-state index in [4.69, 9.17) is 5.73 Å². The molecule has 1 unspecified atom stereocenters. The number of aromatic nitrogens is 1. The van der Waals surface area contributed by atoms with Crippen LogP contribution in [0.4, 0.5) is 0 Å². The molecule has 0 saturated carbocycles. The first-order valence-electron chi connectivity index (χ1n) is 4.49. The molecule has 0 amide bonds. The molecule has 1 aromatic heterocycles. The molecule has 14 heavy (non-hydrogen) atoms. The zero-order valence-electron chi connectivity index (χ0n) is 8.66. The van der Waals surface area contributed by atoms with Crippen LogP contribution in [-0.2, 0) is 0 Å². The summed E-state index contributed by atoms with van der Waals surface area (Å²) in [5.74, 6) is -0.146. The van der Waals surface area contributed by atoms with Crippen molar-refractivity contribution < 1.29 is 5.11 Å². The number of nitrogens with two attached hydrogens (primary N) is 1. The lowest BCUT2D eigenvalue weighted by Gasteiger charge is -2.27. The van der Waals surface area contributed by atoms with Crippen LogP contribution in [0, 0.1) is 5.41 Å². The van der Waals surface area contributed by atoms with Crippen molar-refractivity contribution in [1.29, 1.82) is 0 Å². The number of hydrogen-bond acceptors (Lipinski definition) is 3. The largest absolute Gasteiger partial charge is 0.495 e. The van der Waals surface area contributed by atoms with Gasteiger partial charge in [0, 0.05) is 18.2 Å². The van der Waals surface area contributed by atoms with E-state index in [0.717, 1.165) is 0 Å². The number of rotatable bonds is 1. The second kappa shape index (κ2) is 3.46. The second-order valence-corrected chi connectivity index (χ2v) is 4.51. The molecule has 1 heterocycles. The van der Waals surface area contributed by atoms with Crippen LogP contribution in [0.25, 0.3) is 0 Å². The number of hydrogen-bond donors (Lipinski definition) is 3. The third-order valence-electron chi connectivity index (χ3n) is 2.14. The molecule has 4 nitrogen and oxygen atoms in total. The van der Waals surface area contributed by atoms with E-state index in [-0.39, 0.29) is 22.9 Å². The van der Waals surface area contributed by atoms with E-state index < -0.39 is 0 Å². The third-order valence-corrected chi connectivity index (χ3v) is 2.14. The lowest BCUT2D eigenvalue weighted by Crippen LogP contribution is -2.27. The minimum absolute atomic E-state index is 0.139. The van der Waals surface area contributed by atoms with Crippen LogP contribution in [0.2, 0.25) is 0 Å². The van der Waals surface area contributed by atoms with Crippen molar-refractivity contribution in [3.63, 3.8) is 0 Å². The van der Waals surface area contributed by atoms with Gasteiger partial charge in [0.2, 0.25) is 0 Å². The van der Waals surface area contributed by atoms with Gasteiger partial charge in [-0.05, 0) is 11.0 Å². The lowest BCUT2D eigenvalue weighted by atomic mass is 9.83. The zero-order valence-corrected chi connectivity index (χ0v) is 8.66. The first-order chi connectivity index (χ1) is 6.30. The van der Waals surface area contributed by atoms with E-state index in [9.17, 15) is 9.90 Å². The van der Waals surface area contributed by atoms with Crippen LogP contribution in [-0.4, -0.2) is 10.1 Å². The molecule has 0 aliphatic rings. The minimum atomic E-state index is -0.334. The van der Waals surface area contributed by atoms with Crippen LogP contribution in [0.3, 0.4) is 0 Å². The summed E-state index contributed by atoms with van der Waals surface area (Å²) in [6.45, 7) is 5.95. The zero-order chi connectivity index (χ0) is 10.9. The molecule has 0 bridgehead atoms. The Morgan fingerprint density at radius 2 is 2.00 bits per heavy atom. The standard InChI is InChI=1S/C10H16N2O2/c1-10(2,3)9(11)6-4-7(13)12-8(14)5-6/h4-5,9H,11H2,1-3H3,(H2,12,13,14). The van der Waals surface area contributed by atoms with Gasteiger partial charge in [-0.15, -0.1) is 0 Å². The molecule has 0 saturated heterocycles. The Hall–Kier alpha value is -1.29. The Balaban J connectivity index is 3.14. The summed E-state index contributed by atoms with van der Waals surface area (Å²) >= 11 is 0. The summed E-state index contributed by atoms with van der Waals surface area (Å²) in [5.41, 5.74) is 6.13. The third kappa shape index (κ3) is 2.35. The fraction of sp³-hybridized carbons (Fsp3) is 0.500. The molecule has 1 rings (SSSR count). The van der Waals surface area contributed by atoms with Gasteiger partial charge in [-0.25, -0.2) is 0 Å². The van der Waals surface area contributed by atoms with Gasteiger partial charge in [-0.3, -0.25) is 9.78 Å². The number of pyridine rings is 1. The van der Waals surface area contributed by atoms with Crippen molar-refractivity contribution in [3.05, 3.63) is 28.0 Å². The fourth-order valence-corrected chi connectivity index (χ4v) is 1.23. The first-order valence-corrected chi connectivity index (χ1v) is 4.49. The summed E-state index contributed by atoms with van der Waals surface area (Å²) in [6.07, 6.45) is 0. The van der Waals surface area contributed by atoms with Gasteiger partial charge in [0.1, 0.15) is 0 Å². The quantitative estimate of drug-likeness (QED) is 0.630. The van der Waals surface area contributed by atoms with Crippen molar-refractivity contribution in [2.45, 2.75) is 26.8 Å². The number of aromatic hydroxyl groups is 1. The Labute approximate surface area is 82.8 Å². The van der Waals surface area contributed by atoms with Crippen LogP contribution in [0.1, 0.15) is 32.4 Å². The maximum atomic E-state index is 11.1. The first kappa shape index (κ1) is 10.8. The number of nitrogens with one attached hydrogen (secondary N) is 1. The highest BCUT2D eigenvalue weighted by Gasteiger charge is 2.22. The Morgan fingerprint density at radius 1 is 1.43 bits per heavy atom. The predicted octanol–water partition coefficient (Wildman–Crippen LogP) is 1.13. The van der Waals surface area contributed by atoms with Crippen LogP contribution >= 0.6 is 0 Å². The fourth-order valence-electron chi connectivity index (χ4n) is 1.23. The highest BCUT2D eigenvalue weighted by Crippen LogP contribution is 2.30.